The Bertz CT molecular complexity index is 395. The Hall–Kier alpha value is -1.16. The summed E-state index contributed by atoms with van der Waals surface area (Å²) in [4.78, 5) is 0. The van der Waals surface area contributed by atoms with Crippen LogP contribution in [0.5, 0.6) is 0 Å². The number of halogens is 1. The molecule has 0 aliphatic rings. The number of hydrogen-bond donors (Lipinski definition) is 0. The molecule has 0 fully saturated rings. The van der Waals surface area contributed by atoms with Crippen molar-refractivity contribution in [2.24, 2.45) is 0 Å². The largest absolute Gasteiger partial charge is 0.302 e. The average molecular weight is 214 g/mol. The van der Waals surface area contributed by atoms with E-state index in [2.05, 4.69) is 0 Å². The highest BCUT2D eigenvalue weighted by Gasteiger charge is 2.03. The van der Waals surface area contributed by atoms with Crippen LogP contribution in [0.2, 0.25) is 0 Å². The summed E-state index contributed by atoms with van der Waals surface area (Å²) in [5.74, 6) is -0.448. The monoisotopic (exact) mass is 214 g/mol. The van der Waals surface area contributed by atoms with E-state index in [0.29, 0.717) is 0 Å². The maximum atomic E-state index is 12.1. The first-order chi connectivity index (χ1) is 6.58. The average Bonchev–Trinajstić information content (AvgIpc) is 2.13. The van der Waals surface area contributed by atoms with Crippen molar-refractivity contribution in [1.82, 2.24) is 0 Å². The third kappa shape index (κ3) is 4.77. The van der Waals surface area contributed by atoms with Crippen molar-refractivity contribution in [2.45, 2.75) is 6.42 Å². The van der Waals surface area contributed by atoms with Crippen LogP contribution in [0, 0.1) is 0 Å². The molecule has 0 unspecified atom stereocenters. The molecule has 0 radical (unpaired) electrons. The van der Waals surface area contributed by atoms with Crippen LogP contribution in [0.15, 0.2) is 36.4 Å². The molecule has 0 N–H and O–H groups in total. The Morgan fingerprint density at radius 3 is 2.43 bits per heavy atom. The minimum atomic E-state index is -4.33. The van der Waals surface area contributed by atoms with E-state index in [1.165, 1.54) is 0 Å². The minimum Gasteiger partial charge on any atom is -0.195 e. The third-order valence-corrected chi connectivity index (χ3v) is 2.36. The SMILES string of the molecule is O=S(=O)(F)CC/C=C/c1ccccc1. The normalized spacial score (nSPS) is 12.1. The fraction of sp³-hybridized carbons (Fsp3) is 0.200. The van der Waals surface area contributed by atoms with Gasteiger partial charge in [-0.05, 0) is 12.0 Å². The Morgan fingerprint density at radius 2 is 1.86 bits per heavy atom. The zero-order valence-electron chi connectivity index (χ0n) is 7.56. The van der Waals surface area contributed by atoms with Gasteiger partial charge in [-0.15, -0.1) is 3.89 Å². The molecule has 0 saturated heterocycles. The van der Waals surface area contributed by atoms with E-state index in [-0.39, 0.29) is 6.42 Å². The summed E-state index contributed by atoms with van der Waals surface area (Å²) in [6, 6.07) is 9.43. The Labute approximate surface area is 83.3 Å². The van der Waals surface area contributed by atoms with Gasteiger partial charge in [-0.1, -0.05) is 42.5 Å². The van der Waals surface area contributed by atoms with Crippen molar-refractivity contribution in [3.05, 3.63) is 42.0 Å². The molecule has 0 saturated carbocycles. The quantitative estimate of drug-likeness (QED) is 0.721. The standard InChI is InChI=1S/C10H11FO2S/c11-14(12,13)9-5-4-8-10-6-2-1-3-7-10/h1-4,6-8H,5,9H2/b8-4+. The highest BCUT2D eigenvalue weighted by Crippen LogP contribution is 2.03. The van der Waals surface area contributed by atoms with Crippen molar-refractivity contribution in [2.75, 3.05) is 5.75 Å². The zero-order valence-corrected chi connectivity index (χ0v) is 8.37. The molecule has 1 aromatic rings. The zero-order chi connectivity index (χ0) is 10.4. The summed E-state index contributed by atoms with van der Waals surface area (Å²) >= 11 is 0. The molecule has 4 heteroatoms. The van der Waals surface area contributed by atoms with E-state index in [1.807, 2.05) is 30.3 Å². The van der Waals surface area contributed by atoms with Crippen LogP contribution >= 0.6 is 0 Å². The molecule has 0 heterocycles. The maximum absolute atomic E-state index is 12.1. The van der Waals surface area contributed by atoms with Crippen LogP contribution in [-0.4, -0.2) is 14.2 Å². The van der Waals surface area contributed by atoms with Gasteiger partial charge in [0.25, 0.3) is 0 Å². The predicted octanol–water partition coefficient (Wildman–Crippen LogP) is 2.39. The number of allylic oxidation sites excluding steroid dienone is 1. The van der Waals surface area contributed by atoms with Crippen molar-refractivity contribution >= 4 is 16.3 Å². The second kappa shape index (κ2) is 4.91. The summed E-state index contributed by atoms with van der Waals surface area (Å²) in [5.41, 5.74) is 0.976. The molecule has 0 spiro atoms. The highest BCUT2D eigenvalue weighted by molar-refractivity contribution is 7.86. The van der Waals surface area contributed by atoms with Crippen LogP contribution in [0.3, 0.4) is 0 Å². The molecule has 1 aromatic carbocycles. The predicted molar refractivity (Wildman–Crippen MR) is 55.0 cm³/mol. The Morgan fingerprint density at radius 1 is 1.21 bits per heavy atom. The van der Waals surface area contributed by atoms with E-state index >= 15 is 0 Å². The fourth-order valence-corrected chi connectivity index (χ4v) is 1.41. The molecule has 0 amide bonds. The van der Waals surface area contributed by atoms with Gasteiger partial charge in [0, 0.05) is 0 Å². The van der Waals surface area contributed by atoms with Crippen LogP contribution in [0.25, 0.3) is 6.08 Å². The molecular weight excluding hydrogens is 203 g/mol. The molecule has 76 valence electrons. The van der Waals surface area contributed by atoms with Gasteiger partial charge in [-0.3, -0.25) is 0 Å². The fourth-order valence-electron chi connectivity index (χ4n) is 0.992. The maximum Gasteiger partial charge on any atom is 0.302 e. The summed E-state index contributed by atoms with van der Waals surface area (Å²) in [6.07, 6.45) is 3.62. The van der Waals surface area contributed by atoms with Gasteiger partial charge in [-0.2, -0.15) is 8.42 Å². The van der Waals surface area contributed by atoms with Gasteiger partial charge >= 0.3 is 10.2 Å². The first kappa shape index (κ1) is 10.9. The first-order valence-electron chi connectivity index (χ1n) is 4.22. The van der Waals surface area contributed by atoms with E-state index in [0.717, 1.165) is 5.56 Å². The van der Waals surface area contributed by atoms with Crippen LogP contribution < -0.4 is 0 Å². The van der Waals surface area contributed by atoms with Gasteiger partial charge in [0.1, 0.15) is 0 Å². The van der Waals surface area contributed by atoms with E-state index < -0.39 is 16.0 Å². The Kier molecular flexibility index (Phi) is 3.83. The number of benzene rings is 1. The molecule has 2 nitrogen and oxygen atoms in total. The van der Waals surface area contributed by atoms with Gasteiger partial charge in [-0.25, -0.2) is 0 Å². The highest BCUT2D eigenvalue weighted by atomic mass is 32.3. The lowest BCUT2D eigenvalue weighted by molar-refractivity contribution is 0.552. The molecule has 0 bridgehead atoms. The number of hydrogen-bond acceptors (Lipinski definition) is 2. The molecular formula is C10H11FO2S. The van der Waals surface area contributed by atoms with Crippen molar-refractivity contribution in [1.29, 1.82) is 0 Å². The van der Waals surface area contributed by atoms with Crippen molar-refractivity contribution in [3.8, 4) is 0 Å². The summed E-state index contributed by atoms with van der Waals surface area (Å²) < 4.78 is 32.3. The molecule has 0 aliphatic heterocycles. The van der Waals surface area contributed by atoms with Crippen LogP contribution in [0.1, 0.15) is 12.0 Å². The second-order valence-corrected chi connectivity index (χ2v) is 4.33. The van der Waals surface area contributed by atoms with E-state index in [9.17, 15) is 12.3 Å². The molecule has 0 aliphatic carbocycles. The smallest absolute Gasteiger partial charge is 0.195 e. The molecule has 0 aromatic heterocycles. The lowest BCUT2D eigenvalue weighted by Crippen LogP contribution is -1.95. The molecule has 1 rings (SSSR count). The van der Waals surface area contributed by atoms with Gasteiger partial charge < -0.3 is 0 Å². The van der Waals surface area contributed by atoms with Crippen LogP contribution in [0.4, 0.5) is 3.89 Å². The van der Waals surface area contributed by atoms with Gasteiger partial charge in [0.2, 0.25) is 0 Å². The van der Waals surface area contributed by atoms with Crippen molar-refractivity contribution < 1.29 is 12.3 Å². The first-order valence-corrected chi connectivity index (χ1v) is 5.77. The molecule has 0 atom stereocenters. The van der Waals surface area contributed by atoms with E-state index in [1.54, 1.807) is 12.2 Å². The molecule has 14 heavy (non-hydrogen) atoms. The summed E-state index contributed by atoms with van der Waals surface area (Å²) in [5, 5.41) is 0. The lowest BCUT2D eigenvalue weighted by atomic mass is 10.2. The second-order valence-electron chi connectivity index (χ2n) is 2.84. The summed E-state index contributed by atoms with van der Waals surface area (Å²) in [7, 11) is -4.33. The lowest BCUT2D eigenvalue weighted by Gasteiger charge is -1.91. The van der Waals surface area contributed by atoms with Gasteiger partial charge in [0.15, 0.2) is 0 Å². The summed E-state index contributed by atoms with van der Waals surface area (Å²) in [6.45, 7) is 0. The van der Waals surface area contributed by atoms with Crippen molar-refractivity contribution in [3.63, 3.8) is 0 Å². The third-order valence-electron chi connectivity index (χ3n) is 1.64. The number of rotatable bonds is 4. The topological polar surface area (TPSA) is 34.1 Å². The van der Waals surface area contributed by atoms with Crippen LogP contribution in [-0.2, 0) is 10.2 Å². The van der Waals surface area contributed by atoms with Gasteiger partial charge in [0.05, 0.1) is 5.75 Å². The van der Waals surface area contributed by atoms with E-state index in [4.69, 9.17) is 0 Å². The Balaban J connectivity index is 2.43. The minimum absolute atomic E-state index is 0.202.